The van der Waals surface area contributed by atoms with Crippen LogP contribution in [0.15, 0.2) is 5.16 Å². The third-order valence-corrected chi connectivity index (χ3v) is 3.35. The van der Waals surface area contributed by atoms with Gasteiger partial charge in [0.05, 0.1) is 5.75 Å². The molecule has 0 aromatic carbocycles. The summed E-state index contributed by atoms with van der Waals surface area (Å²) in [6, 6.07) is 0. The van der Waals surface area contributed by atoms with Crippen LogP contribution < -0.4 is 5.73 Å². The van der Waals surface area contributed by atoms with E-state index in [1.807, 2.05) is 11.5 Å². The van der Waals surface area contributed by atoms with E-state index in [0.29, 0.717) is 24.5 Å². The number of aryl methyl sites for hydroxylation is 1. The molecule has 0 unspecified atom stereocenters. The maximum atomic E-state index is 10.7. The maximum Gasteiger partial charge on any atom is 0.313 e. The van der Waals surface area contributed by atoms with Gasteiger partial charge in [-0.25, -0.2) is 0 Å². The van der Waals surface area contributed by atoms with E-state index in [2.05, 4.69) is 10.2 Å². The molecule has 0 aliphatic rings. The van der Waals surface area contributed by atoms with Gasteiger partial charge in [-0.05, 0) is 12.8 Å². The van der Waals surface area contributed by atoms with Crippen molar-refractivity contribution in [3.8, 4) is 0 Å². The first kappa shape index (κ1) is 15.5. The minimum atomic E-state index is -0.895. The molecule has 7 nitrogen and oxygen atoms in total. The van der Waals surface area contributed by atoms with Crippen LogP contribution in [0, 0.1) is 0 Å². The van der Waals surface area contributed by atoms with Crippen molar-refractivity contribution in [3.05, 3.63) is 5.82 Å². The summed E-state index contributed by atoms with van der Waals surface area (Å²) in [5, 5.41) is 17.3. The Balaban J connectivity index is 2.72. The number of carbonyl (C=O) groups excluding carboxylic acids is 1. The second-order valence-corrected chi connectivity index (χ2v) is 5.00. The van der Waals surface area contributed by atoms with Gasteiger partial charge in [-0.2, -0.15) is 0 Å². The van der Waals surface area contributed by atoms with Crippen molar-refractivity contribution in [1.29, 1.82) is 0 Å². The number of hydrogen-bond acceptors (Lipinski definition) is 5. The van der Waals surface area contributed by atoms with Gasteiger partial charge in [-0.3, -0.25) is 9.59 Å². The molecule has 0 spiro atoms. The van der Waals surface area contributed by atoms with Gasteiger partial charge in [0, 0.05) is 19.4 Å². The molecule has 0 aliphatic heterocycles. The SMILES string of the molecule is CCCc1nnc(SCC(=O)O)n1CCCC(N)=O. The van der Waals surface area contributed by atoms with Gasteiger partial charge in [0.25, 0.3) is 0 Å². The summed E-state index contributed by atoms with van der Waals surface area (Å²) in [5.41, 5.74) is 5.10. The molecule has 8 heteroatoms. The molecule has 19 heavy (non-hydrogen) atoms. The quantitative estimate of drug-likeness (QED) is 0.645. The molecule has 1 rings (SSSR count). The summed E-state index contributed by atoms with van der Waals surface area (Å²) in [5.74, 6) is -0.474. The number of nitrogens with two attached hydrogens (primary N) is 1. The lowest BCUT2D eigenvalue weighted by atomic mass is 10.3. The van der Waals surface area contributed by atoms with Gasteiger partial charge >= 0.3 is 5.97 Å². The van der Waals surface area contributed by atoms with Crippen LogP contribution in [0.25, 0.3) is 0 Å². The Morgan fingerprint density at radius 2 is 2.16 bits per heavy atom. The minimum absolute atomic E-state index is 0.0555. The molecule has 3 N–H and O–H groups in total. The number of carboxylic acids is 1. The Bertz CT molecular complexity index is 447. The normalized spacial score (nSPS) is 10.6. The van der Waals surface area contributed by atoms with Crippen molar-refractivity contribution in [3.63, 3.8) is 0 Å². The van der Waals surface area contributed by atoms with Crippen LogP contribution in [0.5, 0.6) is 0 Å². The zero-order valence-corrected chi connectivity index (χ0v) is 11.7. The van der Waals surface area contributed by atoms with Gasteiger partial charge in [0.1, 0.15) is 5.82 Å². The van der Waals surface area contributed by atoms with E-state index in [4.69, 9.17) is 10.8 Å². The van der Waals surface area contributed by atoms with E-state index >= 15 is 0 Å². The van der Waals surface area contributed by atoms with E-state index in [9.17, 15) is 9.59 Å². The summed E-state index contributed by atoms with van der Waals surface area (Å²) in [4.78, 5) is 21.3. The third kappa shape index (κ3) is 5.29. The predicted octanol–water partition coefficient (Wildman–Crippen LogP) is 0.673. The second kappa shape index (κ2) is 7.78. The van der Waals surface area contributed by atoms with E-state index in [0.717, 1.165) is 30.4 Å². The standard InChI is InChI=1S/C11H18N4O3S/c1-2-4-9-13-14-11(19-7-10(17)18)15(9)6-3-5-8(12)16/h2-7H2,1H3,(H2,12,16)(H,17,18). The fourth-order valence-electron chi connectivity index (χ4n) is 1.60. The molecule has 0 saturated carbocycles. The molecule has 0 saturated heterocycles. The van der Waals surface area contributed by atoms with E-state index < -0.39 is 5.97 Å². The molecular formula is C11H18N4O3S. The fraction of sp³-hybridized carbons (Fsp3) is 0.636. The van der Waals surface area contributed by atoms with Gasteiger partial charge in [0.2, 0.25) is 5.91 Å². The van der Waals surface area contributed by atoms with Crippen molar-refractivity contribution in [2.24, 2.45) is 5.73 Å². The van der Waals surface area contributed by atoms with Crippen LogP contribution in [0.1, 0.15) is 32.0 Å². The average molecular weight is 286 g/mol. The van der Waals surface area contributed by atoms with Crippen LogP contribution in [-0.4, -0.2) is 37.5 Å². The van der Waals surface area contributed by atoms with Gasteiger partial charge < -0.3 is 15.4 Å². The first-order chi connectivity index (χ1) is 9.04. The molecule has 0 aliphatic carbocycles. The van der Waals surface area contributed by atoms with Crippen molar-refractivity contribution in [1.82, 2.24) is 14.8 Å². The average Bonchev–Trinajstić information content (AvgIpc) is 2.70. The highest BCUT2D eigenvalue weighted by Gasteiger charge is 2.13. The highest BCUT2D eigenvalue weighted by Crippen LogP contribution is 2.18. The van der Waals surface area contributed by atoms with Crippen molar-refractivity contribution >= 4 is 23.6 Å². The lowest BCUT2D eigenvalue weighted by Gasteiger charge is -2.08. The summed E-state index contributed by atoms with van der Waals surface area (Å²) in [7, 11) is 0. The van der Waals surface area contributed by atoms with Crippen LogP contribution in [0.2, 0.25) is 0 Å². The number of thioether (sulfide) groups is 1. The molecule has 1 aromatic heterocycles. The monoisotopic (exact) mass is 286 g/mol. The molecule has 0 radical (unpaired) electrons. The van der Waals surface area contributed by atoms with Crippen LogP contribution in [0.4, 0.5) is 0 Å². The number of primary amides is 1. The lowest BCUT2D eigenvalue weighted by Crippen LogP contribution is -2.13. The Morgan fingerprint density at radius 1 is 1.42 bits per heavy atom. The zero-order chi connectivity index (χ0) is 14.3. The molecule has 1 amide bonds. The zero-order valence-electron chi connectivity index (χ0n) is 10.8. The molecule has 0 fully saturated rings. The Morgan fingerprint density at radius 3 is 2.74 bits per heavy atom. The van der Waals surface area contributed by atoms with Crippen molar-refractivity contribution in [2.45, 2.75) is 44.3 Å². The maximum absolute atomic E-state index is 10.7. The lowest BCUT2D eigenvalue weighted by molar-refractivity contribution is -0.133. The second-order valence-electron chi connectivity index (χ2n) is 4.05. The first-order valence-corrected chi connectivity index (χ1v) is 7.08. The number of carboxylic acid groups (broad SMARTS) is 1. The number of hydrogen-bond donors (Lipinski definition) is 2. The smallest absolute Gasteiger partial charge is 0.313 e. The van der Waals surface area contributed by atoms with E-state index in [-0.39, 0.29) is 11.7 Å². The number of amides is 1. The number of rotatable bonds is 9. The summed E-state index contributed by atoms with van der Waals surface area (Å²) >= 11 is 1.13. The van der Waals surface area contributed by atoms with Crippen LogP contribution in [0.3, 0.4) is 0 Å². The molecular weight excluding hydrogens is 268 g/mol. The highest BCUT2D eigenvalue weighted by atomic mass is 32.2. The molecule has 0 bridgehead atoms. The highest BCUT2D eigenvalue weighted by molar-refractivity contribution is 7.99. The molecule has 1 heterocycles. The number of carbonyl (C=O) groups is 2. The number of nitrogens with zero attached hydrogens (tertiary/aromatic N) is 3. The summed E-state index contributed by atoms with van der Waals surface area (Å²) in [6.07, 6.45) is 2.60. The number of aromatic nitrogens is 3. The largest absolute Gasteiger partial charge is 0.481 e. The number of aliphatic carboxylic acids is 1. The Labute approximate surface area is 115 Å². The van der Waals surface area contributed by atoms with Gasteiger partial charge in [-0.15, -0.1) is 10.2 Å². The first-order valence-electron chi connectivity index (χ1n) is 6.09. The van der Waals surface area contributed by atoms with Crippen LogP contribution >= 0.6 is 11.8 Å². The predicted molar refractivity (Wildman–Crippen MR) is 70.8 cm³/mol. The summed E-state index contributed by atoms with van der Waals surface area (Å²) in [6.45, 7) is 2.61. The third-order valence-electron chi connectivity index (χ3n) is 2.40. The van der Waals surface area contributed by atoms with Gasteiger partial charge in [-0.1, -0.05) is 18.7 Å². The van der Waals surface area contributed by atoms with Crippen LogP contribution in [-0.2, 0) is 22.6 Å². The fourth-order valence-corrected chi connectivity index (χ4v) is 2.30. The van der Waals surface area contributed by atoms with Gasteiger partial charge in [0.15, 0.2) is 5.16 Å². The molecule has 106 valence electrons. The summed E-state index contributed by atoms with van der Waals surface area (Å²) < 4.78 is 1.88. The topological polar surface area (TPSA) is 111 Å². The van der Waals surface area contributed by atoms with Crippen molar-refractivity contribution < 1.29 is 14.7 Å². The minimum Gasteiger partial charge on any atom is -0.481 e. The van der Waals surface area contributed by atoms with E-state index in [1.165, 1.54) is 0 Å². The Hall–Kier alpha value is -1.57. The van der Waals surface area contributed by atoms with E-state index in [1.54, 1.807) is 0 Å². The molecule has 0 atom stereocenters. The van der Waals surface area contributed by atoms with Crippen molar-refractivity contribution in [2.75, 3.05) is 5.75 Å². The Kier molecular flexibility index (Phi) is 6.34. The molecule has 1 aromatic rings.